The Morgan fingerprint density at radius 1 is 0.955 bits per heavy atom. The third-order valence-electron chi connectivity index (χ3n) is 2.99. The molecule has 0 atom stereocenters. The molecule has 0 aliphatic carbocycles. The summed E-state index contributed by atoms with van der Waals surface area (Å²) in [4.78, 5) is 23.2. The lowest BCUT2D eigenvalue weighted by molar-refractivity contribution is 0.00693. The van der Waals surface area contributed by atoms with Crippen molar-refractivity contribution >= 4 is 11.9 Å². The highest BCUT2D eigenvalue weighted by molar-refractivity contribution is 5.96. The third-order valence-corrected chi connectivity index (χ3v) is 2.99. The van der Waals surface area contributed by atoms with Crippen LogP contribution in [0.25, 0.3) is 11.1 Å². The minimum atomic E-state index is -0.980. The van der Waals surface area contributed by atoms with Crippen LogP contribution >= 0.6 is 0 Å². The Hall–Kier alpha value is -2.62. The molecule has 2 aromatic rings. The van der Waals surface area contributed by atoms with Crippen molar-refractivity contribution in [3.63, 3.8) is 0 Å². The van der Waals surface area contributed by atoms with E-state index < -0.39 is 17.5 Å². The normalized spacial score (nSPS) is 11.0. The maximum atomic E-state index is 12.0. The van der Waals surface area contributed by atoms with Crippen molar-refractivity contribution in [1.82, 2.24) is 0 Å². The monoisotopic (exact) mass is 298 g/mol. The number of carboxylic acid groups (broad SMARTS) is 1. The standard InChI is InChI=1S/C18H18O4/c1-18(2,3)22-17(21)13-10-8-12(9-11-13)14-6-4-5-7-15(14)16(19)20/h4-11H,1-3H3,(H,19,20). The number of hydrogen-bond donors (Lipinski definition) is 1. The number of benzene rings is 2. The summed E-state index contributed by atoms with van der Waals surface area (Å²) in [5.41, 5.74) is 1.47. The number of rotatable bonds is 3. The van der Waals surface area contributed by atoms with Gasteiger partial charge in [0.2, 0.25) is 0 Å². The second-order valence-electron chi connectivity index (χ2n) is 5.93. The molecule has 0 radical (unpaired) electrons. The van der Waals surface area contributed by atoms with Crippen LogP contribution in [0.2, 0.25) is 0 Å². The zero-order valence-corrected chi connectivity index (χ0v) is 12.8. The number of aromatic carboxylic acids is 1. The lowest BCUT2D eigenvalue weighted by Gasteiger charge is -2.19. The fourth-order valence-electron chi connectivity index (χ4n) is 2.04. The predicted octanol–water partition coefficient (Wildman–Crippen LogP) is 4.01. The van der Waals surface area contributed by atoms with E-state index in [2.05, 4.69) is 0 Å². The fraction of sp³-hybridized carbons (Fsp3) is 0.222. The highest BCUT2D eigenvalue weighted by atomic mass is 16.6. The Kier molecular flexibility index (Phi) is 4.31. The van der Waals surface area contributed by atoms with E-state index in [1.807, 2.05) is 20.8 Å². The van der Waals surface area contributed by atoms with Crippen LogP contribution in [0, 0.1) is 0 Å². The van der Waals surface area contributed by atoms with E-state index in [9.17, 15) is 14.7 Å². The molecule has 2 rings (SSSR count). The topological polar surface area (TPSA) is 63.6 Å². The molecule has 0 spiro atoms. The van der Waals surface area contributed by atoms with E-state index in [1.54, 1.807) is 48.5 Å². The molecule has 0 aromatic heterocycles. The molecule has 1 N–H and O–H groups in total. The maximum Gasteiger partial charge on any atom is 0.338 e. The van der Waals surface area contributed by atoms with Gasteiger partial charge < -0.3 is 9.84 Å². The summed E-state index contributed by atoms with van der Waals surface area (Å²) < 4.78 is 5.30. The quantitative estimate of drug-likeness (QED) is 0.870. The van der Waals surface area contributed by atoms with Crippen LogP contribution in [0.5, 0.6) is 0 Å². The van der Waals surface area contributed by atoms with Crippen molar-refractivity contribution in [1.29, 1.82) is 0 Å². The molecule has 0 aliphatic rings. The van der Waals surface area contributed by atoms with Crippen molar-refractivity contribution in [3.8, 4) is 11.1 Å². The van der Waals surface area contributed by atoms with Crippen LogP contribution in [0.3, 0.4) is 0 Å². The highest BCUT2D eigenvalue weighted by Crippen LogP contribution is 2.24. The van der Waals surface area contributed by atoms with Crippen LogP contribution in [0.1, 0.15) is 41.5 Å². The lowest BCUT2D eigenvalue weighted by atomic mass is 9.99. The van der Waals surface area contributed by atoms with Gasteiger partial charge in [0.25, 0.3) is 0 Å². The van der Waals surface area contributed by atoms with Crippen LogP contribution in [-0.2, 0) is 4.74 Å². The van der Waals surface area contributed by atoms with Crippen LogP contribution < -0.4 is 0 Å². The third kappa shape index (κ3) is 3.73. The van der Waals surface area contributed by atoms with E-state index in [0.29, 0.717) is 11.1 Å². The largest absolute Gasteiger partial charge is 0.478 e. The molecule has 0 saturated carbocycles. The summed E-state index contributed by atoms with van der Waals surface area (Å²) >= 11 is 0. The second-order valence-corrected chi connectivity index (χ2v) is 5.93. The highest BCUT2D eigenvalue weighted by Gasteiger charge is 2.18. The molecular formula is C18H18O4. The SMILES string of the molecule is CC(C)(C)OC(=O)c1ccc(-c2ccccc2C(=O)O)cc1. The number of carbonyl (C=O) groups is 2. The molecule has 0 aliphatic heterocycles. The van der Waals surface area contributed by atoms with Gasteiger partial charge in [-0.25, -0.2) is 9.59 Å². The molecule has 4 nitrogen and oxygen atoms in total. The van der Waals surface area contributed by atoms with Crippen molar-refractivity contribution in [2.75, 3.05) is 0 Å². The van der Waals surface area contributed by atoms with Gasteiger partial charge in [0.15, 0.2) is 0 Å². The number of carbonyl (C=O) groups excluding carboxylic acids is 1. The Bertz CT molecular complexity index is 694. The van der Waals surface area contributed by atoms with Crippen molar-refractivity contribution in [3.05, 3.63) is 59.7 Å². The molecule has 0 heterocycles. The van der Waals surface area contributed by atoms with E-state index in [0.717, 1.165) is 5.56 Å². The Balaban J connectivity index is 2.30. The van der Waals surface area contributed by atoms with Crippen molar-refractivity contribution in [2.45, 2.75) is 26.4 Å². The zero-order valence-electron chi connectivity index (χ0n) is 12.8. The van der Waals surface area contributed by atoms with Crippen molar-refractivity contribution < 1.29 is 19.4 Å². The molecule has 0 fully saturated rings. The van der Waals surface area contributed by atoms with E-state index in [1.165, 1.54) is 0 Å². The summed E-state index contributed by atoms with van der Waals surface area (Å²) in [5.74, 6) is -1.38. The Labute approximate surface area is 129 Å². The fourth-order valence-corrected chi connectivity index (χ4v) is 2.04. The van der Waals surface area contributed by atoms with Gasteiger partial charge >= 0.3 is 11.9 Å². The molecule has 0 saturated heterocycles. The molecule has 2 aromatic carbocycles. The summed E-state index contributed by atoms with van der Waals surface area (Å²) in [6, 6.07) is 13.5. The van der Waals surface area contributed by atoms with Crippen LogP contribution in [0.15, 0.2) is 48.5 Å². The summed E-state index contributed by atoms with van der Waals surface area (Å²) in [5, 5.41) is 9.22. The molecule has 0 amide bonds. The first kappa shape index (κ1) is 15.8. The zero-order chi connectivity index (χ0) is 16.3. The maximum absolute atomic E-state index is 12.0. The molecular weight excluding hydrogens is 280 g/mol. The van der Waals surface area contributed by atoms with Gasteiger partial charge in [-0.2, -0.15) is 0 Å². The minimum Gasteiger partial charge on any atom is -0.478 e. The second kappa shape index (κ2) is 6.02. The van der Waals surface area contributed by atoms with E-state index in [-0.39, 0.29) is 5.56 Å². The summed E-state index contributed by atoms with van der Waals surface area (Å²) in [7, 11) is 0. The Morgan fingerprint density at radius 3 is 2.09 bits per heavy atom. The van der Waals surface area contributed by atoms with Gasteiger partial charge in [0.05, 0.1) is 11.1 Å². The molecule has 4 heteroatoms. The average molecular weight is 298 g/mol. The molecule has 0 unspecified atom stereocenters. The van der Waals surface area contributed by atoms with Gasteiger partial charge in [-0.3, -0.25) is 0 Å². The predicted molar refractivity (Wildman–Crippen MR) is 84.0 cm³/mol. The van der Waals surface area contributed by atoms with Crippen LogP contribution in [0.4, 0.5) is 0 Å². The molecule has 0 bridgehead atoms. The Morgan fingerprint density at radius 2 is 1.55 bits per heavy atom. The average Bonchev–Trinajstić information content (AvgIpc) is 2.45. The first-order valence-electron chi connectivity index (χ1n) is 6.94. The van der Waals surface area contributed by atoms with Crippen LogP contribution in [-0.4, -0.2) is 22.6 Å². The van der Waals surface area contributed by atoms with Crippen molar-refractivity contribution in [2.24, 2.45) is 0 Å². The number of ether oxygens (including phenoxy) is 1. The number of hydrogen-bond acceptors (Lipinski definition) is 3. The number of carboxylic acids is 1. The molecule has 114 valence electrons. The first-order chi connectivity index (χ1) is 10.3. The van der Waals surface area contributed by atoms with Gasteiger partial charge in [0.1, 0.15) is 5.60 Å². The van der Waals surface area contributed by atoms with E-state index >= 15 is 0 Å². The summed E-state index contributed by atoms with van der Waals surface area (Å²) in [6.07, 6.45) is 0. The smallest absolute Gasteiger partial charge is 0.338 e. The van der Waals surface area contributed by atoms with Gasteiger partial charge in [-0.15, -0.1) is 0 Å². The summed E-state index contributed by atoms with van der Waals surface area (Å²) in [6.45, 7) is 5.42. The number of esters is 1. The van der Waals surface area contributed by atoms with E-state index in [4.69, 9.17) is 4.74 Å². The first-order valence-corrected chi connectivity index (χ1v) is 6.94. The molecule has 22 heavy (non-hydrogen) atoms. The lowest BCUT2D eigenvalue weighted by Crippen LogP contribution is -2.23. The van der Waals surface area contributed by atoms with Gasteiger partial charge in [-0.1, -0.05) is 30.3 Å². The minimum absolute atomic E-state index is 0.229. The van der Waals surface area contributed by atoms with Gasteiger partial charge in [-0.05, 0) is 50.1 Å². The van der Waals surface area contributed by atoms with Gasteiger partial charge in [0, 0.05) is 0 Å².